The second kappa shape index (κ2) is 9.89. The lowest BCUT2D eigenvalue weighted by Crippen LogP contribution is -2.04. The Hall–Kier alpha value is -6.72. The first-order valence-corrected chi connectivity index (χ1v) is 16.5. The number of furan rings is 1. The van der Waals surface area contributed by atoms with Gasteiger partial charge in [-0.2, -0.15) is 0 Å². The molecule has 11 aromatic rings. The van der Waals surface area contributed by atoms with Crippen molar-refractivity contribution < 1.29 is 4.42 Å². The van der Waals surface area contributed by atoms with E-state index in [4.69, 9.17) is 14.4 Å². The molecule has 0 aliphatic rings. The number of hydrogen-bond donors (Lipinski definition) is 0. The van der Waals surface area contributed by atoms with Crippen LogP contribution in [0.4, 0.5) is 0 Å². The molecule has 0 amide bonds. The van der Waals surface area contributed by atoms with Crippen molar-refractivity contribution in [2.45, 2.75) is 0 Å². The molecule has 0 bridgehead atoms. The number of hydrogen-bond acceptors (Lipinski definition) is 3. The molecular formula is C44H26N4O. The normalized spacial score (nSPS) is 12.1. The number of nitrogens with zero attached hydrogens (tertiary/aromatic N) is 4. The number of fused-ring (bicyclic) bond motifs is 11. The van der Waals surface area contributed by atoms with Crippen LogP contribution in [-0.2, 0) is 0 Å². The van der Waals surface area contributed by atoms with Crippen molar-refractivity contribution in [1.82, 2.24) is 19.1 Å². The van der Waals surface area contributed by atoms with Gasteiger partial charge in [0.05, 0.1) is 33.3 Å². The van der Waals surface area contributed by atoms with Crippen LogP contribution >= 0.6 is 0 Å². The lowest BCUT2D eigenvalue weighted by molar-refractivity contribution is 0.669. The number of rotatable bonds is 3. The molecule has 0 atom stereocenters. The molecule has 228 valence electrons. The highest BCUT2D eigenvalue weighted by Gasteiger charge is 2.24. The molecule has 0 fully saturated rings. The fraction of sp³-hybridized carbons (Fsp3) is 0. The molecule has 0 aliphatic carbocycles. The Kier molecular flexibility index (Phi) is 5.32. The summed E-state index contributed by atoms with van der Waals surface area (Å²) in [6.07, 6.45) is 0. The highest BCUT2D eigenvalue weighted by atomic mass is 16.3. The van der Waals surface area contributed by atoms with Crippen molar-refractivity contribution in [2.24, 2.45) is 0 Å². The third-order valence-corrected chi connectivity index (χ3v) is 9.91. The highest BCUT2D eigenvalue weighted by Crippen LogP contribution is 2.43. The minimum absolute atomic E-state index is 0.616. The zero-order chi connectivity index (χ0) is 32.1. The van der Waals surface area contributed by atoms with Gasteiger partial charge in [0.2, 0.25) is 5.95 Å². The van der Waals surface area contributed by atoms with Crippen molar-refractivity contribution in [2.75, 3.05) is 0 Å². The van der Waals surface area contributed by atoms with Gasteiger partial charge in [-0.25, -0.2) is 9.97 Å². The van der Waals surface area contributed by atoms with Gasteiger partial charge in [-0.05, 0) is 36.4 Å². The molecule has 0 unspecified atom stereocenters. The molecule has 49 heavy (non-hydrogen) atoms. The van der Waals surface area contributed by atoms with E-state index in [2.05, 4.69) is 143 Å². The maximum absolute atomic E-state index is 6.48. The van der Waals surface area contributed by atoms with E-state index in [-0.39, 0.29) is 0 Å². The fourth-order valence-corrected chi connectivity index (χ4v) is 7.80. The molecule has 0 saturated carbocycles. The second-order valence-corrected chi connectivity index (χ2v) is 12.6. The van der Waals surface area contributed by atoms with Crippen molar-refractivity contribution in [3.8, 4) is 22.9 Å². The monoisotopic (exact) mass is 626 g/mol. The van der Waals surface area contributed by atoms with Gasteiger partial charge in [0.1, 0.15) is 11.2 Å². The third-order valence-electron chi connectivity index (χ3n) is 9.91. The molecule has 5 heteroatoms. The largest absolute Gasteiger partial charge is 0.456 e. The van der Waals surface area contributed by atoms with Crippen molar-refractivity contribution >= 4 is 76.5 Å². The Labute approximate surface area is 279 Å². The third kappa shape index (κ3) is 3.70. The Morgan fingerprint density at radius 2 is 1.06 bits per heavy atom. The summed E-state index contributed by atoms with van der Waals surface area (Å²) in [5.41, 5.74) is 9.96. The van der Waals surface area contributed by atoms with Gasteiger partial charge in [0.25, 0.3) is 0 Å². The smallest absolute Gasteiger partial charge is 0.235 e. The van der Waals surface area contributed by atoms with Crippen LogP contribution in [0.2, 0.25) is 0 Å². The quantitative estimate of drug-likeness (QED) is 0.196. The number of benzene rings is 7. The van der Waals surface area contributed by atoms with Crippen LogP contribution in [0.3, 0.4) is 0 Å². The van der Waals surface area contributed by atoms with Crippen LogP contribution in [0.1, 0.15) is 0 Å². The van der Waals surface area contributed by atoms with E-state index in [9.17, 15) is 0 Å². The van der Waals surface area contributed by atoms with E-state index in [1.807, 2.05) is 24.3 Å². The summed E-state index contributed by atoms with van der Waals surface area (Å²) in [5.74, 6) is 0.616. The van der Waals surface area contributed by atoms with E-state index in [0.717, 1.165) is 82.6 Å². The second-order valence-electron chi connectivity index (χ2n) is 12.6. The lowest BCUT2D eigenvalue weighted by Gasteiger charge is -2.13. The van der Waals surface area contributed by atoms with Crippen molar-refractivity contribution in [3.05, 3.63) is 158 Å². The number of aromatic nitrogens is 4. The summed E-state index contributed by atoms with van der Waals surface area (Å²) in [6, 6.07) is 55.2. The summed E-state index contributed by atoms with van der Waals surface area (Å²) in [6.45, 7) is 0. The first kappa shape index (κ1) is 26.4. The van der Waals surface area contributed by atoms with E-state index < -0.39 is 0 Å². The summed E-state index contributed by atoms with van der Waals surface area (Å²) < 4.78 is 11.1. The topological polar surface area (TPSA) is 48.8 Å². The van der Waals surface area contributed by atoms with Gasteiger partial charge in [-0.3, -0.25) is 4.57 Å². The minimum atomic E-state index is 0.616. The first-order chi connectivity index (χ1) is 24.3. The Bertz CT molecular complexity index is 3100. The summed E-state index contributed by atoms with van der Waals surface area (Å²) >= 11 is 0. The summed E-state index contributed by atoms with van der Waals surface area (Å²) in [4.78, 5) is 10.7. The number of para-hydroxylation sites is 4. The molecule has 0 radical (unpaired) electrons. The molecule has 11 rings (SSSR count). The van der Waals surface area contributed by atoms with E-state index in [1.54, 1.807) is 0 Å². The van der Waals surface area contributed by atoms with Crippen LogP contribution in [-0.4, -0.2) is 19.1 Å². The van der Waals surface area contributed by atoms with Gasteiger partial charge in [-0.15, -0.1) is 0 Å². The molecular weight excluding hydrogens is 601 g/mol. The van der Waals surface area contributed by atoms with Crippen LogP contribution in [0.15, 0.2) is 162 Å². The van der Waals surface area contributed by atoms with Gasteiger partial charge in [-0.1, -0.05) is 115 Å². The van der Waals surface area contributed by atoms with Crippen LogP contribution in [0, 0.1) is 0 Å². The highest BCUT2D eigenvalue weighted by molar-refractivity contribution is 6.25. The average molecular weight is 627 g/mol. The van der Waals surface area contributed by atoms with Gasteiger partial charge < -0.3 is 8.98 Å². The Morgan fingerprint density at radius 3 is 1.90 bits per heavy atom. The SMILES string of the molecule is c1ccc(-c2nc(-n3c4cc5oc6ccccc6c5cc4c4ccc5c6ccccc6n(-c6ccccc6)c5c43)nc3ccccc23)cc1. The standard InChI is InChI=1S/C44H26N4O/c1-3-13-27(14-4-1)41-33-19-7-10-20-36(33)45-44(46-41)48-38-26-40-35(30-18-9-12-22-39(30)49-40)25-34(38)32-24-23-31-29-17-8-11-21-37(29)47(42(31)43(32)48)28-15-5-2-6-16-28/h1-26H. The Morgan fingerprint density at radius 1 is 0.408 bits per heavy atom. The van der Waals surface area contributed by atoms with Crippen LogP contribution in [0.5, 0.6) is 0 Å². The molecule has 7 aromatic carbocycles. The predicted octanol–water partition coefficient (Wildman–Crippen LogP) is 11.4. The molecule has 0 aliphatic heterocycles. The molecule has 0 spiro atoms. The fourth-order valence-electron chi connectivity index (χ4n) is 7.80. The lowest BCUT2D eigenvalue weighted by atomic mass is 10.1. The van der Waals surface area contributed by atoms with Gasteiger partial charge in [0.15, 0.2) is 0 Å². The zero-order valence-electron chi connectivity index (χ0n) is 26.2. The van der Waals surface area contributed by atoms with Gasteiger partial charge >= 0.3 is 0 Å². The minimum Gasteiger partial charge on any atom is -0.456 e. The zero-order valence-corrected chi connectivity index (χ0v) is 26.2. The molecule has 0 saturated heterocycles. The maximum Gasteiger partial charge on any atom is 0.235 e. The Balaban J connectivity index is 1.38. The van der Waals surface area contributed by atoms with E-state index >= 15 is 0 Å². The average Bonchev–Trinajstić information content (AvgIpc) is 3.81. The van der Waals surface area contributed by atoms with Crippen LogP contribution in [0.25, 0.3) is 99.3 Å². The molecule has 4 heterocycles. The summed E-state index contributed by atoms with van der Waals surface area (Å²) in [5, 5.41) is 7.84. The molecule has 4 aromatic heterocycles. The van der Waals surface area contributed by atoms with Crippen molar-refractivity contribution in [3.63, 3.8) is 0 Å². The maximum atomic E-state index is 6.48. The summed E-state index contributed by atoms with van der Waals surface area (Å²) in [7, 11) is 0. The van der Waals surface area contributed by atoms with Crippen LogP contribution < -0.4 is 0 Å². The molecule has 0 N–H and O–H groups in total. The molecule has 5 nitrogen and oxygen atoms in total. The van der Waals surface area contributed by atoms with Crippen molar-refractivity contribution in [1.29, 1.82) is 0 Å². The van der Waals surface area contributed by atoms with E-state index in [0.29, 0.717) is 5.95 Å². The first-order valence-electron chi connectivity index (χ1n) is 16.5. The predicted molar refractivity (Wildman–Crippen MR) is 201 cm³/mol. The van der Waals surface area contributed by atoms with E-state index in [1.165, 1.54) is 10.8 Å². The van der Waals surface area contributed by atoms with Gasteiger partial charge in [0, 0.05) is 55.0 Å².